The predicted molar refractivity (Wildman–Crippen MR) is 201 cm³/mol. The van der Waals surface area contributed by atoms with E-state index in [0.717, 1.165) is 29.2 Å². The molecule has 2 nitrogen and oxygen atoms in total. The smallest absolute Gasteiger partial charge is 0.0540 e. The molecule has 1 unspecified atom stereocenters. The van der Waals surface area contributed by atoms with Crippen molar-refractivity contribution in [3.63, 3.8) is 0 Å². The van der Waals surface area contributed by atoms with Crippen molar-refractivity contribution in [1.29, 1.82) is 0 Å². The number of allylic oxidation sites excluding steroid dienone is 1. The molecule has 0 saturated heterocycles. The summed E-state index contributed by atoms with van der Waals surface area (Å²) < 4.78 is 0. The average Bonchev–Trinajstić information content (AvgIpc) is 3.14. The Balaban J connectivity index is 1.15. The van der Waals surface area contributed by atoms with Gasteiger partial charge in [-0.3, -0.25) is 0 Å². The number of para-hydroxylation sites is 2. The number of hydrogen-bond donors (Lipinski definition) is 0. The minimum atomic E-state index is 0.511. The predicted octanol–water partition coefficient (Wildman–Crippen LogP) is 13.0. The van der Waals surface area contributed by atoms with Crippen LogP contribution in [-0.4, -0.2) is 0 Å². The molecule has 0 amide bonds. The topological polar surface area (TPSA) is 6.48 Å². The van der Waals surface area contributed by atoms with Crippen LogP contribution in [0.1, 0.15) is 30.4 Å². The number of hydrogen-bond acceptors (Lipinski definition) is 2. The van der Waals surface area contributed by atoms with Gasteiger partial charge in [0.25, 0.3) is 0 Å². The maximum Gasteiger partial charge on any atom is 0.0540 e. The van der Waals surface area contributed by atoms with Gasteiger partial charge in [-0.25, -0.2) is 0 Å². The van der Waals surface area contributed by atoms with Crippen LogP contribution in [0.5, 0.6) is 0 Å². The van der Waals surface area contributed by atoms with Crippen molar-refractivity contribution in [2.45, 2.75) is 19.3 Å². The summed E-state index contributed by atoms with van der Waals surface area (Å²) in [5.41, 5.74) is 12.0. The fourth-order valence-corrected chi connectivity index (χ4v) is 6.91. The fourth-order valence-electron chi connectivity index (χ4n) is 6.91. The molecule has 0 spiro atoms. The molecule has 8 rings (SSSR count). The first kappa shape index (κ1) is 28.6. The molecule has 226 valence electrons. The van der Waals surface area contributed by atoms with E-state index in [9.17, 15) is 0 Å². The zero-order valence-electron chi connectivity index (χ0n) is 26.5. The number of benzene rings is 7. The van der Waals surface area contributed by atoms with Gasteiger partial charge in [0.05, 0.1) is 11.4 Å². The van der Waals surface area contributed by atoms with E-state index in [1.165, 1.54) is 44.4 Å². The average molecular weight is 605 g/mol. The molecule has 0 fully saturated rings. The summed E-state index contributed by atoms with van der Waals surface area (Å²) in [5.74, 6) is 0.511. The van der Waals surface area contributed by atoms with Crippen LogP contribution < -0.4 is 9.80 Å². The van der Waals surface area contributed by atoms with Gasteiger partial charge >= 0.3 is 0 Å². The zero-order valence-corrected chi connectivity index (χ0v) is 26.5. The first-order valence-corrected chi connectivity index (χ1v) is 16.4. The van der Waals surface area contributed by atoms with Crippen molar-refractivity contribution in [2.75, 3.05) is 9.80 Å². The van der Waals surface area contributed by atoms with Gasteiger partial charge in [0.15, 0.2) is 0 Å². The van der Waals surface area contributed by atoms with Crippen molar-refractivity contribution in [3.05, 3.63) is 187 Å². The van der Waals surface area contributed by atoms with Crippen molar-refractivity contribution >= 4 is 51.0 Å². The molecule has 1 aliphatic rings. The first-order chi connectivity index (χ1) is 23.2. The fraction of sp³-hybridized carbons (Fsp3) is 0.0667. The Morgan fingerprint density at radius 2 is 0.936 bits per heavy atom. The van der Waals surface area contributed by atoms with Crippen LogP contribution in [0.25, 0.3) is 28.0 Å². The highest BCUT2D eigenvalue weighted by molar-refractivity contribution is 5.99. The van der Waals surface area contributed by atoms with Crippen LogP contribution in [0.4, 0.5) is 34.1 Å². The van der Waals surface area contributed by atoms with E-state index >= 15 is 0 Å². The SMILES string of the molecule is CC1CC=Cc2c1cccc2N(c1ccccc1)c1ccc(-c2ccc(N(c3ccccc3)c3cccc4ccccc34)cc2)cc1. The summed E-state index contributed by atoms with van der Waals surface area (Å²) in [6.07, 6.45) is 5.69. The monoisotopic (exact) mass is 604 g/mol. The molecule has 0 heterocycles. The summed E-state index contributed by atoms with van der Waals surface area (Å²) in [5, 5.41) is 2.46. The van der Waals surface area contributed by atoms with E-state index in [1.54, 1.807) is 0 Å². The summed E-state index contributed by atoms with van der Waals surface area (Å²) in [6.45, 7) is 2.32. The molecule has 47 heavy (non-hydrogen) atoms. The Kier molecular flexibility index (Phi) is 7.61. The molecule has 2 heteroatoms. The molecule has 0 bridgehead atoms. The van der Waals surface area contributed by atoms with E-state index in [4.69, 9.17) is 0 Å². The molecule has 1 atom stereocenters. The second-order valence-corrected chi connectivity index (χ2v) is 12.3. The number of nitrogens with zero attached hydrogens (tertiary/aromatic N) is 2. The second kappa shape index (κ2) is 12.5. The van der Waals surface area contributed by atoms with Gasteiger partial charge in [-0.1, -0.05) is 128 Å². The summed E-state index contributed by atoms with van der Waals surface area (Å²) in [4.78, 5) is 4.73. The maximum atomic E-state index is 2.38. The lowest BCUT2D eigenvalue weighted by Gasteiger charge is -2.30. The van der Waals surface area contributed by atoms with E-state index in [0.29, 0.717) is 5.92 Å². The normalized spacial score (nSPS) is 13.7. The van der Waals surface area contributed by atoms with E-state index in [2.05, 4.69) is 199 Å². The van der Waals surface area contributed by atoms with E-state index in [-0.39, 0.29) is 0 Å². The van der Waals surface area contributed by atoms with Crippen molar-refractivity contribution < 1.29 is 0 Å². The van der Waals surface area contributed by atoms with Crippen LogP contribution in [0.15, 0.2) is 176 Å². The lowest BCUT2D eigenvalue weighted by molar-refractivity contribution is 0.771. The second-order valence-electron chi connectivity index (χ2n) is 12.3. The highest BCUT2D eigenvalue weighted by atomic mass is 15.1. The standard InChI is InChI=1S/C45H36N2/c1-33-13-10-22-43-41(33)21-12-24-45(43)47(38-18-6-3-7-19-38)40-31-27-35(28-32-40)34-25-29-39(30-26-34)46(37-16-4-2-5-17-37)44-23-11-15-36-14-8-9-20-42(36)44/h2-12,14-33H,13H2,1H3. The molecule has 0 radical (unpaired) electrons. The van der Waals surface area contributed by atoms with Crippen LogP contribution in [0.3, 0.4) is 0 Å². The van der Waals surface area contributed by atoms with Gasteiger partial charge in [0, 0.05) is 33.7 Å². The molecular formula is C45H36N2. The summed E-state index contributed by atoms with van der Waals surface area (Å²) >= 11 is 0. The molecule has 7 aromatic rings. The minimum Gasteiger partial charge on any atom is -0.310 e. The molecule has 0 saturated carbocycles. The quantitative estimate of drug-likeness (QED) is 0.179. The Hall–Kier alpha value is -5.86. The number of fused-ring (bicyclic) bond motifs is 2. The number of anilines is 6. The third-order valence-electron chi connectivity index (χ3n) is 9.28. The third kappa shape index (κ3) is 5.49. The number of rotatable bonds is 7. The molecule has 0 N–H and O–H groups in total. The Labute approximate surface area is 277 Å². The van der Waals surface area contributed by atoms with Gasteiger partial charge < -0.3 is 9.80 Å². The van der Waals surface area contributed by atoms with Gasteiger partial charge in [0.1, 0.15) is 0 Å². The molecular weight excluding hydrogens is 569 g/mol. The highest BCUT2D eigenvalue weighted by Crippen LogP contribution is 2.43. The van der Waals surface area contributed by atoms with Gasteiger partial charge in [-0.15, -0.1) is 0 Å². The molecule has 0 aliphatic heterocycles. The van der Waals surface area contributed by atoms with Crippen molar-refractivity contribution in [1.82, 2.24) is 0 Å². The van der Waals surface area contributed by atoms with Gasteiger partial charge in [-0.2, -0.15) is 0 Å². The lowest BCUT2D eigenvalue weighted by Crippen LogP contribution is -2.13. The lowest BCUT2D eigenvalue weighted by atomic mass is 9.87. The zero-order chi connectivity index (χ0) is 31.6. The van der Waals surface area contributed by atoms with Crippen LogP contribution in [0.2, 0.25) is 0 Å². The van der Waals surface area contributed by atoms with Crippen LogP contribution >= 0.6 is 0 Å². The first-order valence-electron chi connectivity index (χ1n) is 16.4. The maximum absolute atomic E-state index is 2.38. The van der Waals surface area contributed by atoms with E-state index < -0.39 is 0 Å². The third-order valence-corrected chi connectivity index (χ3v) is 9.28. The molecule has 7 aromatic carbocycles. The van der Waals surface area contributed by atoms with Gasteiger partial charge in [0.2, 0.25) is 0 Å². The Morgan fingerprint density at radius 3 is 1.57 bits per heavy atom. The minimum absolute atomic E-state index is 0.511. The molecule has 1 aliphatic carbocycles. The Morgan fingerprint density at radius 1 is 0.447 bits per heavy atom. The summed E-state index contributed by atoms with van der Waals surface area (Å²) in [6, 6.07) is 61.1. The van der Waals surface area contributed by atoms with Crippen LogP contribution in [-0.2, 0) is 0 Å². The highest BCUT2D eigenvalue weighted by Gasteiger charge is 2.21. The Bertz CT molecular complexity index is 2160. The van der Waals surface area contributed by atoms with Crippen molar-refractivity contribution in [2.24, 2.45) is 0 Å². The van der Waals surface area contributed by atoms with E-state index in [1.807, 2.05) is 0 Å². The largest absolute Gasteiger partial charge is 0.310 e. The summed E-state index contributed by atoms with van der Waals surface area (Å²) in [7, 11) is 0. The molecule has 0 aromatic heterocycles. The van der Waals surface area contributed by atoms with Crippen LogP contribution in [0, 0.1) is 0 Å². The van der Waals surface area contributed by atoms with Gasteiger partial charge in [-0.05, 0) is 95.1 Å². The van der Waals surface area contributed by atoms with Crippen molar-refractivity contribution in [3.8, 4) is 11.1 Å².